The number of rotatable bonds is 2. The fourth-order valence-electron chi connectivity index (χ4n) is 3.74. The highest BCUT2D eigenvalue weighted by Crippen LogP contribution is 2.40. The molecule has 2 aromatic heterocycles. The monoisotopic (exact) mass is 328 g/mol. The van der Waals surface area contributed by atoms with Crippen molar-refractivity contribution < 1.29 is 9.90 Å². The zero-order chi connectivity index (χ0) is 17.0. The van der Waals surface area contributed by atoms with Gasteiger partial charge in [0.25, 0.3) is 0 Å². The first-order chi connectivity index (χ1) is 12.2. The van der Waals surface area contributed by atoms with Gasteiger partial charge in [-0.05, 0) is 18.2 Å². The van der Waals surface area contributed by atoms with Crippen LogP contribution in [0.15, 0.2) is 60.4 Å². The number of ketones is 1. The van der Waals surface area contributed by atoms with E-state index in [1.54, 1.807) is 0 Å². The van der Waals surface area contributed by atoms with Crippen molar-refractivity contribution in [1.82, 2.24) is 9.97 Å². The molecule has 0 aliphatic heterocycles. The molecule has 1 aliphatic rings. The summed E-state index contributed by atoms with van der Waals surface area (Å²) in [4.78, 5) is 19.3. The summed E-state index contributed by atoms with van der Waals surface area (Å²) in [6.07, 6.45) is 0.784. The smallest absolute Gasteiger partial charge is 0.167 e. The van der Waals surface area contributed by atoms with E-state index in [-0.39, 0.29) is 11.5 Å². The zero-order valence-corrected chi connectivity index (χ0v) is 13.5. The molecule has 0 saturated carbocycles. The van der Waals surface area contributed by atoms with Gasteiger partial charge in [-0.3, -0.25) is 4.79 Å². The van der Waals surface area contributed by atoms with E-state index in [1.165, 1.54) is 0 Å². The standard InChI is InChI=1S/C21H16N2O2/c24-17-9-10-18(25)20(17)19-13-6-2-4-8-15(13)23-21(19)16-11-12-5-1-3-7-14(12)22-16/h1-8,11,22-24H,9-10H2. The summed E-state index contributed by atoms with van der Waals surface area (Å²) in [5, 5.41) is 12.4. The minimum absolute atomic E-state index is 0.000357. The number of H-pyrrole nitrogens is 2. The molecule has 4 nitrogen and oxygen atoms in total. The van der Waals surface area contributed by atoms with E-state index in [1.807, 2.05) is 42.5 Å². The summed E-state index contributed by atoms with van der Waals surface area (Å²) in [6, 6.07) is 18.0. The molecule has 0 atom stereocenters. The maximum atomic E-state index is 12.4. The number of Topliss-reactive ketones (excluding diaryl/α,β-unsaturated/α-hetero) is 1. The molecule has 0 spiro atoms. The van der Waals surface area contributed by atoms with E-state index >= 15 is 0 Å². The van der Waals surface area contributed by atoms with Gasteiger partial charge in [0.05, 0.1) is 17.0 Å². The van der Waals surface area contributed by atoms with Crippen LogP contribution in [0.2, 0.25) is 0 Å². The van der Waals surface area contributed by atoms with Crippen molar-refractivity contribution in [2.24, 2.45) is 0 Å². The van der Waals surface area contributed by atoms with E-state index in [0.717, 1.165) is 38.8 Å². The lowest BCUT2D eigenvalue weighted by molar-refractivity contribution is -0.113. The molecular weight excluding hydrogens is 312 g/mol. The van der Waals surface area contributed by atoms with Crippen molar-refractivity contribution in [3.63, 3.8) is 0 Å². The minimum atomic E-state index is -0.000357. The van der Waals surface area contributed by atoms with Crippen molar-refractivity contribution in [2.75, 3.05) is 0 Å². The number of carbonyl (C=O) groups excluding carboxylic acids is 1. The quantitative estimate of drug-likeness (QED) is 0.487. The maximum Gasteiger partial charge on any atom is 0.167 e. The normalized spacial score (nSPS) is 15.0. The van der Waals surface area contributed by atoms with Crippen LogP contribution in [0, 0.1) is 0 Å². The zero-order valence-electron chi connectivity index (χ0n) is 13.5. The number of hydrogen-bond donors (Lipinski definition) is 3. The van der Waals surface area contributed by atoms with Gasteiger partial charge in [-0.2, -0.15) is 0 Å². The molecule has 2 heterocycles. The summed E-state index contributed by atoms with van der Waals surface area (Å²) in [6.45, 7) is 0. The van der Waals surface area contributed by atoms with E-state index in [4.69, 9.17) is 0 Å². The van der Waals surface area contributed by atoms with Gasteiger partial charge in [0.2, 0.25) is 0 Å². The number of carbonyl (C=O) groups is 1. The third-order valence-corrected chi connectivity index (χ3v) is 4.91. The maximum absolute atomic E-state index is 12.4. The second-order valence-electron chi connectivity index (χ2n) is 6.44. The molecule has 122 valence electrons. The van der Waals surface area contributed by atoms with Crippen LogP contribution in [-0.2, 0) is 4.79 Å². The molecule has 5 rings (SSSR count). The lowest BCUT2D eigenvalue weighted by atomic mass is 9.99. The van der Waals surface area contributed by atoms with Crippen LogP contribution in [0.25, 0.3) is 38.8 Å². The van der Waals surface area contributed by atoms with E-state index in [9.17, 15) is 9.90 Å². The Morgan fingerprint density at radius 1 is 0.880 bits per heavy atom. The lowest BCUT2D eigenvalue weighted by Gasteiger charge is -2.05. The second-order valence-corrected chi connectivity index (χ2v) is 6.44. The van der Waals surface area contributed by atoms with Gasteiger partial charge in [0, 0.05) is 40.2 Å². The van der Waals surface area contributed by atoms with Crippen LogP contribution >= 0.6 is 0 Å². The Bertz CT molecular complexity index is 1140. The van der Waals surface area contributed by atoms with Crippen LogP contribution in [0.5, 0.6) is 0 Å². The van der Waals surface area contributed by atoms with Crippen molar-refractivity contribution in [1.29, 1.82) is 0 Å². The van der Waals surface area contributed by atoms with Gasteiger partial charge in [-0.15, -0.1) is 0 Å². The molecule has 4 aromatic rings. The third kappa shape index (κ3) is 2.04. The van der Waals surface area contributed by atoms with Crippen molar-refractivity contribution in [2.45, 2.75) is 12.8 Å². The van der Waals surface area contributed by atoms with Crippen molar-refractivity contribution in [3.05, 3.63) is 65.9 Å². The summed E-state index contributed by atoms with van der Waals surface area (Å²) in [5.74, 6) is 0.187. The molecule has 3 N–H and O–H groups in total. The topological polar surface area (TPSA) is 68.9 Å². The second kappa shape index (κ2) is 5.11. The molecule has 0 radical (unpaired) electrons. The highest BCUT2D eigenvalue weighted by atomic mass is 16.3. The summed E-state index contributed by atoms with van der Waals surface area (Å²) >= 11 is 0. The summed E-state index contributed by atoms with van der Waals surface area (Å²) < 4.78 is 0. The molecular formula is C21H16N2O2. The van der Waals surface area contributed by atoms with Gasteiger partial charge in [-0.25, -0.2) is 0 Å². The SMILES string of the molecule is O=C1CCC(O)=C1c1c(-c2cc3ccccc3[nH]2)[nH]c2ccccc12. The number of aromatic nitrogens is 2. The number of fused-ring (bicyclic) bond motifs is 2. The predicted molar refractivity (Wildman–Crippen MR) is 99.4 cm³/mol. The van der Waals surface area contributed by atoms with E-state index in [2.05, 4.69) is 22.1 Å². The van der Waals surface area contributed by atoms with Gasteiger partial charge < -0.3 is 15.1 Å². The van der Waals surface area contributed by atoms with Gasteiger partial charge in [0.15, 0.2) is 5.78 Å². The van der Waals surface area contributed by atoms with Gasteiger partial charge in [-0.1, -0.05) is 36.4 Å². The average Bonchev–Trinajstić information content (AvgIpc) is 3.29. The Hall–Kier alpha value is -3.27. The Morgan fingerprint density at radius 2 is 1.64 bits per heavy atom. The van der Waals surface area contributed by atoms with Crippen molar-refractivity contribution >= 4 is 33.2 Å². The minimum Gasteiger partial charge on any atom is -0.512 e. The number of hydrogen-bond acceptors (Lipinski definition) is 2. The highest BCUT2D eigenvalue weighted by molar-refractivity contribution is 6.28. The Kier molecular flexibility index (Phi) is 2.88. The molecule has 2 aromatic carbocycles. The van der Waals surface area contributed by atoms with Crippen LogP contribution in [-0.4, -0.2) is 20.9 Å². The van der Waals surface area contributed by atoms with Crippen LogP contribution < -0.4 is 0 Å². The highest BCUT2D eigenvalue weighted by Gasteiger charge is 2.29. The number of para-hydroxylation sites is 2. The van der Waals surface area contributed by atoms with Crippen molar-refractivity contribution in [3.8, 4) is 11.4 Å². The lowest BCUT2D eigenvalue weighted by Crippen LogP contribution is -1.97. The molecule has 25 heavy (non-hydrogen) atoms. The van der Waals surface area contributed by atoms with Gasteiger partial charge >= 0.3 is 0 Å². The van der Waals surface area contributed by atoms with Gasteiger partial charge in [0.1, 0.15) is 5.76 Å². The van der Waals surface area contributed by atoms with Crippen LogP contribution in [0.3, 0.4) is 0 Å². The predicted octanol–water partition coefficient (Wildman–Crippen LogP) is 4.95. The first-order valence-corrected chi connectivity index (χ1v) is 8.37. The Morgan fingerprint density at radius 3 is 2.40 bits per heavy atom. The van der Waals surface area contributed by atoms with Crippen LogP contribution in [0.1, 0.15) is 18.4 Å². The molecule has 4 heteroatoms. The van der Waals surface area contributed by atoms with Crippen LogP contribution in [0.4, 0.5) is 0 Å². The Balaban J connectivity index is 1.85. The molecule has 0 saturated heterocycles. The number of aromatic amines is 2. The van der Waals surface area contributed by atoms with E-state index < -0.39 is 0 Å². The van der Waals surface area contributed by atoms with E-state index in [0.29, 0.717) is 18.4 Å². The fraction of sp³-hybridized carbons (Fsp3) is 0.0952. The summed E-state index contributed by atoms with van der Waals surface area (Å²) in [5.41, 5.74) is 4.99. The first-order valence-electron chi connectivity index (χ1n) is 8.37. The number of benzene rings is 2. The number of aliphatic hydroxyl groups excluding tert-OH is 1. The summed E-state index contributed by atoms with van der Waals surface area (Å²) in [7, 11) is 0. The molecule has 1 aliphatic carbocycles. The molecule has 0 fully saturated rings. The Labute approximate surface area is 143 Å². The third-order valence-electron chi connectivity index (χ3n) is 4.91. The number of nitrogens with one attached hydrogen (secondary N) is 2. The largest absolute Gasteiger partial charge is 0.512 e. The average molecular weight is 328 g/mol. The fourth-order valence-corrected chi connectivity index (χ4v) is 3.74. The first kappa shape index (κ1) is 14.1. The number of aliphatic hydroxyl groups is 1. The molecule has 0 bridgehead atoms. The number of allylic oxidation sites excluding steroid dienone is 2. The molecule has 0 unspecified atom stereocenters. The molecule has 0 amide bonds.